The maximum atomic E-state index is 9.33. The van der Waals surface area contributed by atoms with Gasteiger partial charge in [-0.1, -0.05) is 24.3 Å². The summed E-state index contributed by atoms with van der Waals surface area (Å²) < 4.78 is 0. The first-order valence-electron chi connectivity index (χ1n) is 3.59. The van der Waals surface area contributed by atoms with E-state index in [0.29, 0.717) is 12.2 Å². The quantitative estimate of drug-likeness (QED) is 0.537. The van der Waals surface area contributed by atoms with E-state index >= 15 is 0 Å². The van der Waals surface area contributed by atoms with Crippen LogP contribution in [0.3, 0.4) is 0 Å². The van der Waals surface area contributed by atoms with Gasteiger partial charge in [-0.2, -0.15) is 0 Å². The molecular weight excluding hydrogens is 152 g/mol. The lowest BCUT2D eigenvalue weighted by molar-refractivity contribution is -0.107. The fourth-order valence-corrected chi connectivity index (χ4v) is 0.496. The van der Waals surface area contributed by atoms with E-state index in [1.165, 1.54) is 0 Å². The van der Waals surface area contributed by atoms with E-state index in [2.05, 4.69) is 6.58 Å². The van der Waals surface area contributed by atoms with Gasteiger partial charge in [-0.15, -0.1) is 6.58 Å². The molecule has 1 aromatic rings. The van der Waals surface area contributed by atoms with E-state index in [0.717, 1.165) is 6.29 Å². The highest BCUT2D eigenvalue weighted by Gasteiger charge is 1.74. The third kappa shape index (κ3) is 6.55. The molecule has 0 atom stereocenters. The molecule has 0 radical (unpaired) electrons. The maximum absolute atomic E-state index is 9.33. The minimum atomic E-state index is 0.322. The second kappa shape index (κ2) is 7.54. The first-order valence-corrected chi connectivity index (χ1v) is 3.59. The van der Waals surface area contributed by atoms with Gasteiger partial charge in [-0.3, -0.25) is 0 Å². The lowest BCUT2D eigenvalue weighted by atomic mass is 10.3. The number of aldehydes is 1. The number of hydrogen-bond donors (Lipinski definition) is 1. The number of allylic oxidation sites excluding steroid dienone is 1. The van der Waals surface area contributed by atoms with E-state index in [4.69, 9.17) is 5.11 Å². The van der Waals surface area contributed by atoms with Gasteiger partial charge in [0.2, 0.25) is 0 Å². The van der Waals surface area contributed by atoms with Crippen molar-refractivity contribution in [2.45, 2.75) is 6.42 Å². The highest BCUT2D eigenvalue weighted by Crippen LogP contribution is 2.02. The van der Waals surface area contributed by atoms with Crippen molar-refractivity contribution in [2.75, 3.05) is 0 Å². The average molecular weight is 164 g/mol. The van der Waals surface area contributed by atoms with E-state index in [9.17, 15) is 4.79 Å². The molecule has 0 fully saturated rings. The van der Waals surface area contributed by atoms with E-state index in [1.54, 1.807) is 30.3 Å². The molecule has 0 saturated heterocycles. The number of rotatable bonds is 2. The molecule has 0 aromatic heterocycles. The Morgan fingerprint density at radius 2 is 1.92 bits per heavy atom. The molecule has 1 aromatic carbocycles. The second-order valence-electron chi connectivity index (χ2n) is 2.03. The highest BCUT2D eigenvalue weighted by molar-refractivity contribution is 5.51. The molecule has 0 aliphatic rings. The zero-order valence-corrected chi connectivity index (χ0v) is 6.81. The van der Waals surface area contributed by atoms with Crippen molar-refractivity contribution in [3.05, 3.63) is 43.0 Å². The number of phenolic OH excluding ortho intramolecular Hbond substituents is 1. The van der Waals surface area contributed by atoms with Gasteiger partial charge in [0.1, 0.15) is 12.0 Å². The fourth-order valence-electron chi connectivity index (χ4n) is 0.496. The van der Waals surface area contributed by atoms with Crippen LogP contribution in [0.1, 0.15) is 6.42 Å². The van der Waals surface area contributed by atoms with Crippen LogP contribution in [0.2, 0.25) is 0 Å². The summed E-state index contributed by atoms with van der Waals surface area (Å²) in [4.78, 5) is 9.33. The number of aromatic hydroxyl groups is 1. The van der Waals surface area contributed by atoms with Crippen LogP contribution in [0, 0.1) is 0 Å². The Morgan fingerprint density at radius 3 is 2.08 bits per heavy atom. The first-order chi connectivity index (χ1) is 5.81. The molecule has 12 heavy (non-hydrogen) atoms. The van der Waals surface area contributed by atoms with Gasteiger partial charge < -0.3 is 9.90 Å². The third-order valence-corrected chi connectivity index (χ3v) is 1.02. The van der Waals surface area contributed by atoms with Gasteiger partial charge in [0.15, 0.2) is 0 Å². The van der Waals surface area contributed by atoms with Gasteiger partial charge in [0.05, 0.1) is 0 Å². The molecule has 1 rings (SSSR count). The summed E-state index contributed by atoms with van der Waals surface area (Å²) in [7, 11) is 0. The van der Waals surface area contributed by atoms with Crippen molar-refractivity contribution in [1.82, 2.24) is 0 Å². The molecule has 0 amide bonds. The lowest BCUT2D eigenvalue weighted by Gasteiger charge is -1.82. The van der Waals surface area contributed by atoms with Crippen molar-refractivity contribution in [2.24, 2.45) is 0 Å². The predicted octanol–water partition coefficient (Wildman–Crippen LogP) is 2.15. The SMILES string of the molecule is C=CCC=O.Oc1ccccc1. The molecule has 0 bridgehead atoms. The number of benzene rings is 1. The second-order valence-corrected chi connectivity index (χ2v) is 2.03. The molecule has 0 unspecified atom stereocenters. The van der Waals surface area contributed by atoms with Gasteiger partial charge in [0.25, 0.3) is 0 Å². The van der Waals surface area contributed by atoms with E-state index in [1.807, 2.05) is 6.07 Å². The third-order valence-electron chi connectivity index (χ3n) is 1.02. The Bertz CT molecular complexity index is 211. The van der Waals surface area contributed by atoms with Crippen molar-refractivity contribution >= 4 is 6.29 Å². The van der Waals surface area contributed by atoms with Crippen LogP contribution in [0.25, 0.3) is 0 Å². The normalized spacial score (nSPS) is 7.67. The van der Waals surface area contributed by atoms with Gasteiger partial charge >= 0.3 is 0 Å². The highest BCUT2D eigenvalue weighted by atomic mass is 16.3. The monoisotopic (exact) mass is 164 g/mol. The molecule has 0 spiro atoms. The maximum Gasteiger partial charge on any atom is 0.123 e. The summed E-state index contributed by atoms with van der Waals surface area (Å²) in [6.45, 7) is 3.32. The largest absolute Gasteiger partial charge is 0.508 e. The van der Waals surface area contributed by atoms with E-state index < -0.39 is 0 Å². The Balaban J connectivity index is 0.000000217. The summed E-state index contributed by atoms with van der Waals surface area (Å²) in [5.74, 6) is 0.322. The topological polar surface area (TPSA) is 37.3 Å². The fraction of sp³-hybridized carbons (Fsp3) is 0.100. The van der Waals surface area contributed by atoms with E-state index in [-0.39, 0.29) is 0 Å². The van der Waals surface area contributed by atoms with Crippen LogP contribution >= 0.6 is 0 Å². The van der Waals surface area contributed by atoms with Crippen LogP contribution < -0.4 is 0 Å². The van der Waals surface area contributed by atoms with Crippen LogP contribution in [-0.4, -0.2) is 11.4 Å². The standard InChI is InChI=1S/C6H6O.C4H6O/c7-6-4-2-1-3-5-6;1-2-3-4-5/h1-5,7H;2,4H,1,3H2. The van der Waals surface area contributed by atoms with Gasteiger partial charge in [-0.05, 0) is 12.1 Å². The lowest BCUT2D eigenvalue weighted by Crippen LogP contribution is -1.59. The minimum Gasteiger partial charge on any atom is -0.508 e. The van der Waals surface area contributed by atoms with Gasteiger partial charge in [0, 0.05) is 6.42 Å². The average Bonchev–Trinajstić information content (AvgIpc) is 2.08. The zero-order valence-electron chi connectivity index (χ0n) is 6.81. The first kappa shape index (κ1) is 10.4. The van der Waals surface area contributed by atoms with Gasteiger partial charge in [-0.25, -0.2) is 0 Å². The molecule has 1 N–H and O–H groups in total. The number of carbonyl (C=O) groups is 1. The van der Waals surface area contributed by atoms with Crippen molar-refractivity contribution in [1.29, 1.82) is 0 Å². The van der Waals surface area contributed by atoms with Crippen molar-refractivity contribution in [3.8, 4) is 5.75 Å². The zero-order chi connectivity index (χ0) is 9.23. The number of para-hydroxylation sites is 1. The molecular formula is C10H12O2. The Kier molecular flexibility index (Phi) is 6.55. The molecule has 64 valence electrons. The summed E-state index contributed by atoms with van der Waals surface area (Å²) in [6.07, 6.45) is 2.85. The molecule has 0 aliphatic heterocycles. The number of hydrogen-bond acceptors (Lipinski definition) is 2. The molecule has 0 saturated carbocycles. The van der Waals surface area contributed by atoms with Crippen LogP contribution in [0.4, 0.5) is 0 Å². The summed E-state index contributed by atoms with van der Waals surface area (Å²) in [5, 5.41) is 8.63. The van der Waals surface area contributed by atoms with Crippen LogP contribution in [-0.2, 0) is 4.79 Å². The smallest absolute Gasteiger partial charge is 0.123 e. The summed E-state index contributed by atoms with van der Waals surface area (Å²) >= 11 is 0. The van der Waals surface area contributed by atoms with Crippen LogP contribution in [0.15, 0.2) is 43.0 Å². The molecule has 2 nitrogen and oxygen atoms in total. The molecule has 2 heteroatoms. The number of phenols is 1. The van der Waals surface area contributed by atoms with Crippen LogP contribution in [0.5, 0.6) is 5.75 Å². The Hall–Kier alpha value is -1.57. The summed E-state index contributed by atoms with van der Waals surface area (Å²) in [5.41, 5.74) is 0. The molecule has 0 heterocycles. The Labute approximate surface area is 72.2 Å². The predicted molar refractivity (Wildman–Crippen MR) is 49.0 cm³/mol. The summed E-state index contributed by atoms with van der Waals surface area (Å²) in [6, 6.07) is 8.71. The van der Waals surface area contributed by atoms with Crippen molar-refractivity contribution in [3.63, 3.8) is 0 Å². The number of carbonyl (C=O) groups excluding carboxylic acids is 1. The van der Waals surface area contributed by atoms with Crippen molar-refractivity contribution < 1.29 is 9.90 Å². The molecule has 0 aliphatic carbocycles. The minimum absolute atomic E-state index is 0.322. The Morgan fingerprint density at radius 1 is 1.33 bits per heavy atom.